The molecule has 2 saturated heterocycles. The highest BCUT2D eigenvalue weighted by Crippen LogP contribution is 2.53. The maximum atomic E-state index is 13.1. The topological polar surface area (TPSA) is 67.9 Å². The first-order chi connectivity index (χ1) is 13.1. The lowest BCUT2D eigenvalue weighted by molar-refractivity contribution is -0.0474. The van der Waals surface area contributed by atoms with Crippen LogP contribution in [-0.2, 0) is 9.47 Å². The van der Waals surface area contributed by atoms with E-state index in [2.05, 4.69) is 42.0 Å². The predicted octanol–water partition coefficient (Wildman–Crippen LogP) is 5.66. The van der Waals surface area contributed by atoms with Crippen molar-refractivity contribution >= 4 is 33.8 Å². The maximum Gasteiger partial charge on any atom is 0.414 e. The molecule has 2 unspecified atom stereocenters. The van der Waals surface area contributed by atoms with Gasteiger partial charge in [-0.3, -0.25) is 10.2 Å². The number of rotatable bonds is 3. The predicted molar refractivity (Wildman–Crippen MR) is 106 cm³/mol. The molecule has 2 atom stereocenters. The van der Waals surface area contributed by atoms with Crippen molar-refractivity contribution in [1.29, 1.82) is 0 Å². The minimum atomic E-state index is -0.785. The Morgan fingerprint density at radius 3 is 2.71 bits per heavy atom. The second-order valence-electron chi connectivity index (χ2n) is 8.45. The number of ether oxygens (including phenoxy) is 2. The summed E-state index contributed by atoms with van der Waals surface area (Å²) in [5.41, 5.74) is 0.0844. The lowest BCUT2D eigenvalue weighted by Crippen LogP contribution is -2.60. The molecule has 2 bridgehead atoms. The molecule has 6 nitrogen and oxygen atoms in total. The summed E-state index contributed by atoms with van der Waals surface area (Å²) in [5.74, 6) is -0.427. The van der Waals surface area contributed by atoms with E-state index in [9.17, 15) is 14.0 Å². The second-order valence-corrected chi connectivity index (χ2v) is 9.30. The Hall–Kier alpha value is -1.83. The molecule has 2 fully saturated rings. The molecule has 8 heteroatoms. The van der Waals surface area contributed by atoms with Gasteiger partial charge in [0.05, 0.1) is 11.2 Å². The summed E-state index contributed by atoms with van der Waals surface area (Å²) in [4.78, 5) is 26.6. The molecule has 0 saturated carbocycles. The van der Waals surface area contributed by atoms with Gasteiger partial charge in [-0.15, -0.1) is 0 Å². The Kier molecular flexibility index (Phi) is 5.89. The zero-order chi connectivity index (χ0) is 20.5. The molecular formula is C20H26BrFN2O4. The van der Waals surface area contributed by atoms with Crippen LogP contribution in [0.3, 0.4) is 0 Å². The summed E-state index contributed by atoms with van der Waals surface area (Å²) in [6, 6.07) is 4.04. The smallest absolute Gasteiger partial charge is 0.411 e. The number of anilines is 1. The quantitative estimate of drug-likeness (QED) is 0.595. The molecule has 2 aliphatic rings. The van der Waals surface area contributed by atoms with E-state index < -0.39 is 24.8 Å². The maximum absolute atomic E-state index is 13.1. The van der Waals surface area contributed by atoms with Gasteiger partial charge in [0.15, 0.2) is 0 Å². The fourth-order valence-electron chi connectivity index (χ4n) is 4.53. The number of amides is 2. The fraction of sp³-hybridized carbons (Fsp3) is 0.600. The number of halogens is 2. The van der Waals surface area contributed by atoms with Crippen LogP contribution in [0.5, 0.6) is 0 Å². The van der Waals surface area contributed by atoms with Gasteiger partial charge in [0.25, 0.3) is 0 Å². The summed E-state index contributed by atoms with van der Waals surface area (Å²) in [5, 5.41) is 2.47. The monoisotopic (exact) mass is 456 g/mol. The molecule has 28 heavy (non-hydrogen) atoms. The molecule has 1 aromatic carbocycles. The lowest BCUT2D eigenvalue weighted by Gasteiger charge is -2.51. The van der Waals surface area contributed by atoms with Crippen molar-refractivity contribution in [2.75, 3.05) is 12.1 Å². The Morgan fingerprint density at radius 2 is 2.04 bits per heavy atom. The highest BCUT2D eigenvalue weighted by Gasteiger charge is 2.57. The number of fused-ring (bicyclic) bond motifs is 2. The van der Waals surface area contributed by atoms with Crippen LogP contribution < -0.4 is 5.32 Å². The van der Waals surface area contributed by atoms with E-state index in [0.717, 1.165) is 32.1 Å². The Bertz CT molecular complexity index is 763. The van der Waals surface area contributed by atoms with Gasteiger partial charge < -0.3 is 9.47 Å². The van der Waals surface area contributed by atoms with Crippen LogP contribution in [0.25, 0.3) is 0 Å². The number of hydrogen-bond donors (Lipinski definition) is 1. The third-order valence-corrected chi connectivity index (χ3v) is 6.63. The van der Waals surface area contributed by atoms with E-state index in [0.29, 0.717) is 10.2 Å². The zero-order valence-corrected chi connectivity index (χ0v) is 18.0. The van der Waals surface area contributed by atoms with Gasteiger partial charge in [-0.2, -0.15) is 0 Å². The van der Waals surface area contributed by atoms with Gasteiger partial charge in [-0.05, 0) is 71.6 Å². The van der Waals surface area contributed by atoms with Crippen molar-refractivity contribution in [2.24, 2.45) is 5.41 Å². The normalized spacial score (nSPS) is 24.0. The first kappa shape index (κ1) is 20.9. The average molecular weight is 457 g/mol. The highest BCUT2D eigenvalue weighted by atomic mass is 79.9. The van der Waals surface area contributed by atoms with Crippen molar-refractivity contribution < 1.29 is 23.5 Å². The molecule has 3 rings (SSSR count). The number of hydrogen-bond acceptors (Lipinski definition) is 4. The fourth-order valence-corrected chi connectivity index (χ4v) is 4.98. The average Bonchev–Trinajstić information content (AvgIpc) is 2.84. The van der Waals surface area contributed by atoms with Crippen molar-refractivity contribution in [2.45, 2.75) is 64.5 Å². The SMILES string of the molecule is CC(C)(C)C12CCCC(CC1)N2C(=O)OCOC(=O)Nc1ccc(F)cc1Br. The van der Waals surface area contributed by atoms with E-state index in [1.165, 1.54) is 18.2 Å². The number of carbonyl (C=O) groups excluding carboxylic acids is 2. The second kappa shape index (κ2) is 7.89. The minimum Gasteiger partial charge on any atom is -0.411 e. The van der Waals surface area contributed by atoms with Crippen LogP contribution in [0.2, 0.25) is 0 Å². The summed E-state index contributed by atoms with van der Waals surface area (Å²) in [6.07, 6.45) is 3.77. The highest BCUT2D eigenvalue weighted by molar-refractivity contribution is 9.10. The lowest BCUT2D eigenvalue weighted by atomic mass is 9.68. The molecule has 154 valence electrons. The molecule has 2 aliphatic heterocycles. The minimum absolute atomic E-state index is 0.0612. The summed E-state index contributed by atoms with van der Waals surface area (Å²) >= 11 is 3.16. The Labute approximate surface area is 172 Å². The third-order valence-electron chi connectivity index (χ3n) is 5.98. The standard InChI is InChI=1S/C20H26BrFN2O4/c1-19(2,3)20-9-4-5-14(8-10-20)24(20)18(26)28-12-27-17(25)23-16-7-6-13(22)11-15(16)21/h6-7,11,14H,4-5,8-10,12H2,1-3H3,(H,23,25). The van der Waals surface area contributed by atoms with Gasteiger partial charge >= 0.3 is 12.2 Å². The molecular weight excluding hydrogens is 431 g/mol. The molecule has 2 amide bonds. The zero-order valence-electron chi connectivity index (χ0n) is 16.4. The van der Waals surface area contributed by atoms with Gasteiger partial charge in [0.2, 0.25) is 6.79 Å². The van der Waals surface area contributed by atoms with Crippen molar-refractivity contribution in [3.63, 3.8) is 0 Å². The van der Waals surface area contributed by atoms with Gasteiger partial charge in [-0.25, -0.2) is 14.0 Å². The summed E-state index contributed by atoms with van der Waals surface area (Å²) in [6.45, 7) is 6.00. The van der Waals surface area contributed by atoms with E-state index in [1.807, 2.05) is 4.90 Å². The van der Waals surface area contributed by atoms with Crippen LogP contribution in [0.15, 0.2) is 22.7 Å². The number of carbonyl (C=O) groups is 2. The van der Waals surface area contributed by atoms with Crippen molar-refractivity contribution in [3.05, 3.63) is 28.5 Å². The number of benzene rings is 1. The van der Waals surface area contributed by atoms with Crippen LogP contribution in [0.4, 0.5) is 19.7 Å². The van der Waals surface area contributed by atoms with E-state index in [4.69, 9.17) is 9.47 Å². The molecule has 0 aromatic heterocycles. The molecule has 1 N–H and O–H groups in total. The first-order valence-electron chi connectivity index (χ1n) is 9.49. The molecule has 0 radical (unpaired) electrons. The van der Waals surface area contributed by atoms with Crippen LogP contribution >= 0.6 is 15.9 Å². The van der Waals surface area contributed by atoms with E-state index in [1.54, 1.807) is 0 Å². The van der Waals surface area contributed by atoms with E-state index in [-0.39, 0.29) is 17.0 Å². The molecule has 2 heterocycles. The molecule has 1 aromatic rings. The Morgan fingerprint density at radius 1 is 1.29 bits per heavy atom. The third kappa shape index (κ3) is 3.97. The van der Waals surface area contributed by atoms with Crippen LogP contribution in [0, 0.1) is 11.2 Å². The largest absolute Gasteiger partial charge is 0.414 e. The summed E-state index contributed by atoms with van der Waals surface area (Å²) < 4.78 is 23.7. The van der Waals surface area contributed by atoms with Gasteiger partial charge in [0.1, 0.15) is 5.82 Å². The van der Waals surface area contributed by atoms with E-state index >= 15 is 0 Å². The van der Waals surface area contributed by atoms with Crippen molar-refractivity contribution in [3.8, 4) is 0 Å². The van der Waals surface area contributed by atoms with Crippen LogP contribution in [0.1, 0.15) is 52.9 Å². The van der Waals surface area contributed by atoms with Crippen molar-refractivity contribution in [1.82, 2.24) is 4.90 Å². The van der Waals surface area contributed by atoms with Crippen LogP contribution in [-0.4, -0.2) is 35.5 Å². The molecule has 0 aliphatic carbocycles. The van der Waals surface area contributed by atoms with Gasteiger partial charge in [-0.1, -0.05) is 20.8 Å². The number of piperidine rings is 1. The Balaban J connectivity index is 1.56. The van der Waals surface area contributed by atoms with Gasteiger partial charge in [0, 0.05) is 10.5 Å². The molecule has 0 spiro atoms. The number of nitrogens with one attached hydrogen (secondary N) is 1. The first-order valence-corrected chi connectivity index (χ1v) is 10.3. The number of nitrogens with zero attached hydrogens (tertiary/aromatic N) is 1. The summed E-state index contributed by atoms with van der Waals surface area (Å²) in [7, 11) is 0.